The SMILES string of the molecule is CCOC(=O)C1(c2ccccc2)COC1. The van der Waals surface area contributed by atoms with E-state index in [1.807, 2.05) is 37.3 Å². The van der Waals surface area contributed by atoms with Crippen LogP contribution in [0.4, 0.5) is 0 Å². The third kappa shape index (κ3) is 1.63. The van der Waals surface area contributed by atoms with Crippen molar-refractivity contribution in [3.05, 3.63) is 35.9 Å². The molecule has 0 unspecified atom stereocenters. The minimum atomic E-state index is -0.558. The van der Waals surface area contributed by atoms with Crippen molar-refractivity contribution >= 4 is 5.97 Å². The molecule has 3 heteroatoms. The average Bonchev–Trinajstić information content (AvgIpc) is 2.18. The minimum Gasteiger partial charge on any atom is -0.465 e. The van der Waals surface area contributed by atoms with Gasteiger partial charge in [0, 0.05) is 0 Å². The van der Waals surface area contributed by atoms with Crippen LogP contribution >= 0.6 is 0 Å². The minimum absolute atomic E-state index is 0.178. The molecule has 0 aromatic heterocycles. The lowest BCUT2D eigenvalue weighted by molar-refractivity contribution is -0.169. The number of carbonyl (C=O) groups excluding carboxylic acids is 1. The second kappa shape index (κ2) is 4.03. The molecule has 1 saturated heterocycles. The van der Waals surface area contributed by atoms with Crippen molar-refractivity contribution in [1.82, 2.24) is 0 Å². The number of rotatable bonds is 3. The summed E-state index contributed by atoms with van der Waals surface area (Å²) in [7, 11) is 0. The molecule has 1 fully saturated rings. The first kappa shape index (κ1) is 10.2. The molecule has 1 aliphatic heterocycles. The zero-order valence-electron chi connectivity index (χ0n) is 8.73. The summed E-state index contributed by atoms with van der Waals surface area (Å²) in [6.07, 6.45) is 0. The van der Waals surface area contributed by atoms with Crippen LogP contribution in [0.15, 0.2) is 30.3 Å². The Hall–Kier alpha value is -1.35. The molecule has 15 heavy (non-hydrogen) atoms. The second-order valence-corrected chi connectivity index (χ2v) is 3.66. The highest BCUT2D eigenvalue weighted by Crippen LogP contribution is 2.33. The van der Waals surface area contributed by atoms with Gasteiger partial charge in [-0.15, -0.1) is 0 Å². The summed E-state index contributed by atoms with van der Waals surface area (Å²) >= 11 is 0. The van der Waals surface area contributed by atoms with Crippen LogP contribution in [0.2, 0.25) is 0 Å². The van der Waals surface area contributed by atoms with Gasteiger partial charge in [0.05, 0.1) is 19.8 Å². The van der Waals surface area contributed by atoms with Gasteiger partial charge in [-0.2, -0.15) is 0 Å². The Bertz CT molecular complexity index is 341. The van der Waals surface area contributed by atoms with E-state index in [1.165, 1.54) is 0 Å². The number of carbonyl (C=O) groups is 1. The Morgan fingerprint density at radius 2 is 2.07 bits per heavy atom. The third-order valence-corrected chi connectivity index (χ3v) is 2.69. The third-order valence-electron chi connectivity index (χ3n) is 2.69. The van der Waals surface area contributed by atoms with E-state index in [2.05, 4.69) is 0 Å². The molecule has 3 nitrogen and oxygen atoms in total. The zero-order valence-corrected chi connectivity index (χ0v) is 8.73. The number of ether oxygens (including phenoxy) is 2. The summed E-state index contributed by atoms with van der Waals surface area (Å²) in [5.74, 6) is -0.178. The fraction of sp³-hybridized carbons (Fsp3) is 0.417. The molecule has 0 atom stereocenters. The van der Waals surface area contributed by atoms with Gasteiger partial charge in [0.25, 0.3) is 0 Å². The normalized spacial score (nSPS) is 17.9. The first-order chi connectivity index (χ1) is 7.29. The number of benzene rings is 1. The van der Waals surface area contributed by atoms with Gasteiger partial charge in [-0.05, 0) is 12.5 Å². The molecular formula is C12H14O3. The molecule has 2 rings (SSSR count). The fourth-order valence-electron chi connectivity index (χ4n) is 1.73. The molecule has 80 valence electrons. The molecule has 0 spiro atoms. The van der Waals surface area contributed by atoms with Crippen LogP contribution in [0.1, 0.15) is 12.5 Å². The molecule has 1 aromatic carbocycles. The maximum absolute atomic E-state index is 11.8. The van der Waals surface area contributed by atoms with Gasteiger partial charge in [0.1, 0.15) is 5.41 Å². The van der Waals surface area contributed by atoms with Gasteiger partial charge in [0.2, 0.25) is 0 Å². The van der Waals surface area contributed by atoms with Crippen LogP contribution in [0.25, 0.3) is 0 Å². The predicted octanol–water partition coefficient (Wildman–Crippen LogP) is 1.52. The maximum atomic E-state index is 11.8. The Morgan fingerprint density at radius 3 is 2.53 bits per heavy atom. The topological polar surface area (TPSA) is 35.5 Å². The highest BCUT2D eigenvalue weighted by atomic mass is 16.6. The summed E-state index contributed by atoms with van der Waals surface area (Å²) in [5.41, 5.74) is 0.423. The second-order valence-electron chi connectivity index (χ2n) is 3.66. The number of hydrogen-bond donors (Lipinski definition) is 0. The average molecular weight is 206 g/mol. The van der Waals surface area contributed by atoms with Gasteiger partial charge in [0.15, 0.2) is 0 Å². The number of esters is 1. The van der Waals surface area contributed by atoms with E-state index in [0.29, 0.717) is 19.8 Å². The Kier molecular flexibility index (Phi) is 2.73. The number of hydrogen-bond acceptors (Lipinski definition) is 3. The van der Waals surface area contributed by atoms with E-state index in [0.717, 1.165) is 5.56 Å². The highest BCUT2D eigenvalue weighted by molar-refractivity contribution is 5.84. The molecule has 0 amide bonds. The van der Waals surface area contributed by atoms with Gasteiger partial charge < -0.3 is 9.47 Å². The smallest absolute Gasteiger partial charge is 0.321 e. The highest BCUT2D eigenvalue weighted by Gasteiger charge is 2.48. The fourth-order valence-corrected chi connectivity index (χ4v) is 1.73. The zero-order chi connectivity index (χ0) is 10.7. The molecule has 0 aliphatic carbocycles. The van der Waals surface area contributed by atoms with Crippen molar-refractivity contribution in [2.45, 2.75) is 12.3 Å². The predicted molar refractivity (Wildman–Crippen MR) is 55.6 cm³/mol. The van der Waals surface area contributed by atoms with Crippen molar-refractivity contribution in [1.29, 1.82) is 0 Å². The molecule has 0 radical (unpaired) electrons. The monoisotopic (exact) mass is 206 g/mol. The van der Waals surface area contributed by atoms with Crippen LogP contribution in [-0.4, -0.2) is 25.8 Å². The molecule has 0 bridgehead atoms. The van der Waals surface area contributed by atoms with E-state index in [-0.39, 0.29) is 5.97 Å². The van der Waals surface area contributed by atoms with Crippen LogP contribution in [0, 0.1) is 0 Å². The van der Waals surface area contributed by atoms with Crippen molar-refractivity contribution < 1.29 is 14.3 Å². The van der Waals surface area contributed by atoms with Gasteiger partial charge >= 0.3 is 5.97 Å². The summed E-state index contributed by atoms with van der Waals surface area (Å²) in [6.45, 7) is 3.08. The van der Waals surface area contributed by atoms with Crippen LogP contribution < -0.4 is 0 Å². The first-order valence-corrected chi connectivity index (χ1v) is 5.10. The van der Waals surface area contributed by atoms with E-state index in [9.17, 15) is 4.79 Å². The maximum Gasteiger partial charge on any atom is 0.321 e. The largest absolute Gasteiger partial charge is 0.465 e. The van der Waals surface area contributed by atoms with Gasteiger partial charge in [-0.1, -0.05) is 30.3 Å². The summed E-state index contributed by atoms with van der Waals surface area (Å²) in [4.78, 5) is 11.8. The standard InChI is InChI=1S/C12H14O3/c1-2-15-11(13)12(8-14-9-12)10-6-4-3-5-7-10/h3-7H,2,8-9H2,1H3. The van der Waals surface area contributed by atoms with Crippen LogP contribution in [-0.2, 0) is 19.7 Å². The lowest BCUT2D eigenvalue weighted by atomic mass is 9.79. The molecule has 1 aliphatic rings. The van der Waals surface area contributed by atoms with E-state index < -0.39 is 5.41 Å². The summed E-state index contributed by atoms with van der Waals surface area (Å²) in [5, 5.41) is 0. The molecule has 1 aromatic rings. The summed E-state index contributed by atoms with van der Waals surface area (Å²) in [6, 6.07) is 9.67. The Balaban J connectivity index is 2.26. The van der Waals surface area contributed by atoms with Crippen LogP contribution in [0.3, 0.4) is 0 Å². The lowest BCUT2D eigenvalue weighted by Gasteiger charge is -2.39. The Labute approximate surface area is 89.0 Å². The van der Waals surface area contributed by atoms with Crippen molar-refractivity contribution in [3.63, 3.8) is 0 Å². The molecular weight excluding hydrogens is 192 g/mol. The van der Waals surface area contributed by atoms with Crippen LogP contribution in [0.5, 0.6) is 0 Å². The van der Waals surface area contributed by atoms with Crippen molar-refractivity contribution in [2.24, 2.45) is 0 Å². The van der Waals surface area contributed by atoms with E-state index in [1.54, 1.807) is 0 Å². The summed E-state index contributed by atoms with van der Waals surface area (Å²) < 4.78 is 10.2. The Morgan fingerprint density at radius 1 is 1.40 bits per heavy atom. The van der Waals surface area contributed by atoms with Gasteiger partial charge in [-0.3, -0.25) is 4.79 Å². The van der Waals surface area contributed by atoms with Crippen molar-refractivity contribution in [3.8, 4) is 0 Å². The first-order valence-electron chi connectivity index (χ1n) is 5.10. The molecule has 0 N–H and O–H groups in total. The van der Waals surface area contributed by atoms with E-state index in [4.69, 9.17) is 9.47 Å². The molecule has 1 heterocycles. The lowest BCUT2D eigenvalue weighted by Crippen LogP contribution is -2.53. The van der Waals surface area contributed by atoms with E-state index >= 15 is 0 Å². The van der Waals surface area contributed by atoms with Crippen molar-refractivity contribution in [2.75, 3.05) is 19.8 Å². The molecule has 0 saturated carbocycles. The van der Waals surface area contributed by atoms with Gasteiger partial charge in [-0.25, -0.2) is 0 Å². The quantitative estimate of drug-likeness (QED) is 0.703.